The van der Waals surface area contributed by atoms with Crippen molar-refractivity contribution in [1.82, 2.24) is 9.47 Å². The Morgan fingerprint density at radius 1 is 1.16 bits per heavy atom. The van der Waals surface area contributed by atoms with E-state index in [4.69, 9.17) is 9.15 Å². The number of aryl methyl sites for hydroxylation is 1. The van der Waals surface area contributed by atoms with E-state index in [2.05, 4.69) is 0 Å². The lowest BCUT2D eigenvalue weighted by Gasteiger charge is -2.42. The summed E-state index contributed by atoms with van der Waals surface area (Å²) in [5.74, 6) is 0.923. The zero-order chi connectivity index (χ0) is 21.7. The molecule has 2 aliphatic rings. The van der Waals surface area contributed by atoms with E-state index < -0.39 is 5.63 Å². The highest BCUT2D eigenvalue weighted by Gasteiger charge is 2.36. The number of likely N-dealkylation sites (tertiary alicyclic amines) is 1. The van der Waals surface area contributed by atoms with Gasteiger partial charge < -0.3 is 18.6 Å². The number of aromatic nitrogens is 1. The molecule has 4 heterocycles. The SMILES string of the molecule is COc1ccc2c(C)c(CC(=O)N3C[C@H]4C[C@@H](C3)c3cccc(=O)n3C4)c(=O)oc2c1. The quantitative estimate of drug-likeness (QED) is 0.608. The molecule has 2 aliphatic heterocycles. The van der Waals surface area contributed by atoms with E-state index in [0.29, 0.717) is 36.5 Å². The van der Waals surface area contributed by atoms with E-state index in [1.807, 2.05) is 34.6 Å². The van der Waals surface area contributed by atoms with Crippen LogP contribution in [0.2, 0.25) is 0 Å². The summed E-state index contributed by atoms with van der Waals surface area (Å²) in [6.07, 6.45) is 0.989. The Balaban J connectivity index is 1.42. The summed E-state index contributed by atoms with van der Waals surface area (Å²) < 4.78 is 12.5. The molecule has 1 saturated heterocycles. The molecule has 0 aliphatic carbocycles. The van der Waals surface area contributed by atoms with Crippen LogP contribution in [0, 0.1) is 12.8 Å². The van der Waals surface area contributed by atoms with Crippen LogP contribution in [0.15, 0.2) is 50.4 Å². The first-order valence-electron chi connectivity index (χ1n) is 10.5. The number of hydrogen-bond donors (Lipinski definition) is 0. The van der Waals surface area contributed by atoms with Gasteiger partial charge in [0.15, 0.2) is 0 Å². The van der Waals surface area contributed by atoms with Crippen molar-refractivity contribution in [1.29, 1.82) is 0 Å². The summed E-state index contributed by atoms with van der Waals surface area (Å²) in [7, 11) is 1.56. The Kier molecular flexibility index (Phi) is 4.68. The van der Waals surface area contributed by atoms with Crippen LogP contribution < -0.4 is 15.9 Å². The summed E-state index contributed by atoms with van der Waals surface area (Å²) in [5.41, 5.74) is 2.14. The molecule has 3 aromatic rings. The Morgan fingerprint density at radius 3 is 2.81 bits per heavy atom. The molecule has 0 N–H and O–H groups in total. The van der Waals surface area contributed by atoms with Crippen molar-refractivity contribution in [3.63, 3.8) is 0 Å². The number of fused-ring (bicyclic) bond motifs is 5. The van der Waals surface area contributed by atoms with Gasteiger partial charge in [-0.05, 0) is 43.0 Å². The minimum Gasteiger partial charge on any atom is -0.497 e. The van der Waals surface area contributed by atoms with E-state index >= 15 is 0 Å². The Morgan fingerprint density at radius 2 is 2.00 bits per heavy atom. The first-order valence-corrected chi connectivity index (χ1v) is 10.5. The molecule has 0 unspecified atom stereocenters. The summed E-state index contributed by atoms with van der Waals surface area (Å²) >= 11 is 0. The fourth-order valence-electron chi connectivity index (χ4n) is 5.07. The van der Waals surface area contributed by atoms with Crippen LogP contribution in [0.25, 0.3) is 11.0 Å². The number of amides is 1. The van der Waals surface area contributed by atoms with Crippen LogP contribution >= 0.6 is 0 Å². The molecule has 5 rings (SSSR count). The molecule has 1 fully saturated rings. The average Bonchev–Trinajstić information content (AvgIpc) is 2.76. The maximum atomic E-state index is 13.2. The van der Waals surface area contributed by atoms with E-state index in [-0.39, 0.29) is 29.7 Å². The zero-order valence-corrected chi connectivity index (χ0v) is 17.6. The third-order valence-corrected chi connectivity index (χ3v) is 6.65. The summed E-state index contributed by atoms with van der Waals surface area (Å²) in [6, 6.07) is 10.7. The summed E-state index contributed by atoms with van der Waals surface area (Å²) in [6.45, 7) is 3.65. The normalized spacial score (nSPS) is 19.9. The monoisotopic (exact) mass is 420 g/mol. The van der Waals surface area contributed by atoms with Gasteiger partial charge in [-0.2, -0.15) is 0 Å². The van der Waals surface area contributed by atoms with Crippen LogP contribution in [0.3, 0.4) is 0 Å². The second-order valence-electron chi connectivity index (χ2n) is 8.53. The van der Waals surface area contributed by atoms with Crippen LogP contribution in [0.5, 0.6) is 5.75 Å². The lowest BCUT2D eigenvalue weighted by atomic mass is 9.83. The van der Waals surface area contributed by atoms with Crippen molar-refractivity contribution in [3.8, 4) is 5.75 Å². The number of piperidine rings is 1. The second-order valence-corrected chi connectivity index (χ2v) is 8.53. The van der Waals surface area contributed by atoms with Crippen LogP contribution in [-0.4, -0.2) is 35.6 Å². The van der Waals surface area contributed by atoms with Gasteiger partial charge in [0.25, 0.3) is 5.56 Å². The zero-order valence-electron chi connectivity index (χ0n) is 17.6. The summed E-state index contributed by atoms with van der Waals surface area (Å²) in [4.78, 5) is 39.9. The van der Waals surface area contributed by atoms with Crippen molar-refractivity contribution in [2.24, 2.45) is 5.92 Å². The number of nitrogens with zero attached hydrogens (tertiary/aromatic N) is 2. The van der Waals surface area contributed by atoms with Gasteiger partial charge in [-0.1, -0.05) is 6.07 Å². The van der Waals surface area contributed by atoms with Crippen molar-refractivity contribution < 1.29 is 13.9 Å². The van der Waals surface area contributed by atoms with Gasteiger partial charge in [0, 0.05) is 48.8 Å². The molecule has 1 amide bonds. The minimum atomic E-state index is -0.485. The lowest BCUT2D eigenvalue weighted by molar-refractivity contribution is -0.133. The lowest BCUT2D eigenvalue weighted by Crippen LogP contribution is -2.49. The molecular weight excluding hydrogens is 396 g/mol. The second kappa shape index (κ2) is 7.41. The Labute approximate surface area is 178 Å². The summed E-state index contributed by atoms with van der Waals surface area (Å²) in [5, 5.41) is 0.798. The van der Waals surface area contributed by atoms with Gasteiger partial charge in [-0.25, -0.2) is 4.79 Å². The molecule has 160 valence electrons. The van der Waals surface area contributed by atoms with E-state index in [0.717, 1.165) is 23.1 Å². The first kappa shape index (κ1) is 19.6. The molecule has 7 nitrogen and oxygen atoms in total. The molecule has 2 bridgehead atoms. The average molecular weight is 420 g/mol. The standard InChI is InChI=1S/C24H24N2O5/c1-14-18-7-6-17(30-2)9-21(18)31-24(29)19(14)10-23(28)25-11-15-8-16(13-25)20-4-3-5-22(27)26(20)12-15/h3-7,9,15-16H,8,10-13H2,1-2H3/t15-,16+/m1/s1. The van der Waals surface area contributed by atoms with E-state index in [1.54, 1.807) is 25.3 Å². The maximum Gasteiger partial charge on any atom is 0.340 e. The number of benzene rings is 1. The number of pyridine rings is 1. The van der Waals surface area contributed by atoms with Crippen LogP contribution in [0.4, 0.5) is 0 Å². The van der Waals surface area contributed by atoms with Crippen molar-refractivity contribution >= 4 is 16.9 Å². The number of carbonyl (C=O) groups is 1. The molecule has 31 heavy (non-hydrogen) atoms. The molecule has 2 aromatic heterocycles. The van der Waals surface area contributed by atoms with Gasteiger partial charge in [0.2, 0.25) is 5.91 Å². The highest BCUT2D eigenvalue weighted by Crippen LogP contribution is 2.35. The van der Waals surface area contributed by atoms with E-state index in [1.165, 1.54) is 0 Å². The topological polar surface area (TPSA) is 81.8 Å². The molecule has 0 radical (unpaired) electrons. The van der Waals surface area contributed by atoms with Gasteiger partial charge >= 0.3 is 5.63 Å². The first-order chi connectivity index (χ1) is 14.9. The molecule has 0 saturated carbocycles. The predicted octanol–water partition coefficient (Wildman–Crippen LogP) is 2.46. The molecule has 0 spiro atoms. The van der Waals surface area contributed by atoms with Gasteiger partial charge in [-0.3, -0.25) is 9.59 Å². The largest absolute Gasteiger partial charge is 0.497 e. The van der Waals surface area contributed by atoms with Gasteiger partial charge in [0.05, 0.1) is 19.1 Å². The van der Waals surface area contributed by atoms with Crippen molar-refractivity contribution in [3.05, 3.63) is 74.0 Å². The third kappa shape index (κ3) is 3.34. The highest BCUT2D eigenvalue weighted by atomic mass is 16.5. The molecule has 1 aromatic carbocycles. The smallest absolute Gasteiger partial charge is 0.340 e. The third-order valence-electron chi connectivity index (χ3n) is 6.65. The molecule has 7 heteroatoms. The predicted molar refractivity (Wildman–Crippen MR) is 116 cm³/mol. The van der Waals surface area contributed by atoms with E-state index in [9.17, 15) is 14.4 Å². The number of ether oxygens (including phenoxy) is 1. The van der Waals surface area contributed by atoms with Crippen LogP contribution in [0.1, 0.15) is 29.2 Å². The Bertz CT molecular complexity index is 1310. The fraction of sp³-hybridized carbons (Fsp3) is 0.375. The fourth-order valence-corrected chi connectivity index (χ4v) is 5.07. The number of rotatable bonds is 3. The van der Waals surface area contributed by atoms with Crippen LogP contribution in [-0.2, 0) is 17.8 Å². The molecule has 2 atom stereocenters. The number of hydrogen-bond acceptors (Lipinski definition) is 5. The van der Waals surface area contributed by atoms with Gasteiger partial charge in [-0.15, -0.1) is 0 Å². The highest BCUT2D eigenvalue weighted by molar-refractivity contribution is 5.85. The molecular formula is C24H24N2O5. The number of methoxy groups -OCH3 is 1. The Hall–Kier alpha value is -3.35. The van der Waals surface area contributed by atoms with Crippen molar-refractivity contribution in [2.75, 3.05) is 20.2 Å². The number of carbonyl (C=O) groups excluding carboxylic acids is 1. The maximum absolute atomic E-state index is 13.2. The minimum absolute atomic E-state index is 0.0111. The van der Waals surface area contributed by atoms with Crippen molar-refractivity contribution in [2.45, 2.75) is 32.2 Å². The van der Waals surface area contributed by atoms with Gasteiger partial charge in [0.1, 0.15) is 11.3 Å².